The number of nitrogens with zero attached hydrogens (tertiary/aromatic N) is 2. The SMILES string of the molecule is CC(N)CC(=O)N1CCC2CCC(C1)N2C(C)C.Cl. The fourth-order valence-electron chi connectivity index (χ4n) is 3.58. The monoisotopic (exact) mass is 289 g/mol. The van der Waals surface area contributed by atoms with Crippen molar-refractivity contribution in [2.24, 2.45) is 5.73 Å². The Kier molecular flexibility index (Phi) is 6.09. The summed E-state index contributed by atoms with van der Waals surface area (Å²) in [5, 5.41) is 0. The van der Waals surface area contributed by atoms with Crippen LogP contribution in [0.1, 0.15) is 46.5 Å². The van der Waals surface area contributed by atoms with Crippen LogP contribution in [0.5, 0.6) is 0 Å². The van der Waals surface area contributed by atoms with E-state index in [9.17, 15) is 4.79 Å². The van der Waals surface area contributed by atoms with Gasteiger partial charge in [-0.3, -0.25) is 9.69 Å². The first kappa shape index (κ1) is 16.7. The standard InChI is InChI=1S/C14H27N3O.ClH/c1-10(2)17-12-4-5-13(17)9-16(7-6-12)14(18)8-11(3)15;/h10-13H,4-9,15H2,1-3H3;1H. The highest BCUT2D eigenvalue weighted by atomic mass is 35.5. The maximum Gasteiger partial charge on any atom is 0.224 e. The summed E-state index contributed by atoms with van der Waals surface area (Å²) in [4.78, 5) is 16.8. The van der Waals surface area contributed by atoms with E-state index in [-0.39, 0.29) is 24.4 Å². The van der Waals surface area contributed by atoms with Gasteiger partial charge in [-0.1, -0.05) is 0 Å². The second kappa shape index (κ2) is 6.91. The minimum Gasteiger partial charge on any atom is -0.341 e. The van der Waals surface area contributed by atoms with Gasteiger partial charge in [-0.25, -0.2) is 0 Å². The molecule has 0 aliphatic carbocycles. The number of amides is 1. The van der Waals surface area contributed by atoms with Crippen molar-refractivity contribution in [2.45, 2.75) is 70.6 Å². The minimum atomic E-state index is -0.0286. The predicted octanol–water partition coefficient (Wildman–Crippen LogP) is 1.62. The number of hydrogen-bond acceptors (Lipinski definition) is 3. The highest BCUT2D eigenvalue weighted by Crippen LogP contribution is 2.32. The van der Waals surface area contributed by atoms with E-state index in [1.165, 1.54) is 12.8 Å². The van der Waals surface area contributed by atoms with Crippen molar-refractivity contribution in [3.8, 4) is 0 Å². The lowest BCUT2D eigenvalue weighted by Gasteiger charge is -2.32. The molecule has 0 spiro atoms. The first-order chi connectivity index (χ1) is 8.49. The average molecular weight is 290 g/mol. The number of halogens is 1. The van der Waals surface area contributed by atoms with Crippen LogP contribution in [-0.2, 0) is 4.79 Å². The van der Waals surface area contributed by atoms with E-state index < -0.39 is 0 Å². The summed E-state index contributed by atoms with van der Waals surface area (Å²) in [5.74, 6) is 0.237. The van der Waals surface area contributed by atoms with Gasteiger partial charge < -0.3 is 10.6 Å². The largest absolute Gasteiger partial charge is 0.341 e. The normalized spacial score (nSPS) is 29.0. The fraction of sp³-hybridized carbons (Fsp3) is 0.929. The molecule has 0 radical (unpaired) electrons. The van der Waals surface area contributed by atoms with Gasteiger partial charge in [-0.2, -0.15) is 0 Å². The van der Waals surface area contributed by atoms with E-state index in [0.29, 0.717) is 24.5 Å². The van der Waals surface area contributed by atoms with Crippen LogP contribution in [0.15, 0.2) is 0 Å². The lowest BCUT2D eigenvalue weighted by atomic mass is 10.1. The number of likely N-dealkylation sites (tertiary alicyclic amines) is 1. The molecular weight excluding hydrogens is 262 g/mol. The zero-order valence-corrected chi connectivity index (χ0v) is 13.2. The van der Waals surface area contributed by atoms with Gasteiger partial charge in [0.25, 0.3) is 0 Å². The van der Waals surface area contributed by atoms with E-state index in [4.69, 9.17) is 5.73 Å². The van der Waals surface area contributed by atoms with E-state index in [1.54, 1.807) is 0 Å². The lowest BCUT2D eigenvalue weighted by molar-refractivity contribution is -0.131. The van der Waals surface area contributed by atoms with Gasteiger partial charge in [0.1, 0.15) is 0 Å². The van der Waals surface area contributed by atoms with Crippen LogP contribution < -0.4 is 5.73 Å². The summed E-state index contributed by atoms with van der Waals surface area (Å²) in [6.07, 6.45) is 4.15. The van der Waals surface area contributed by atoms with Crippen molar-refractivity contribution in [3.63, 3.8) is 0 Å². The second-order valence-corrected chi connectivity index (χ2v) is 6.24. The molecular formula is C14H28ClN3O. The predicted molar refractivity (Wildman–Crippen MR) is 80.5 cm³/mol. The molecule has 2 saturated heterocycles. The van der Waals surface area contributed by atoms with Crippen molar-refractivity contribution in [1.82, 2.24) is 9.80 Å². The van der Waals surface area contributed by atoms with Crippen LogP contribution in [0.3, 0.4) is 0 Å². The molecule has 0 aromatic carbocycles. The second-order valence-electron chi connectivity index (χ2n) is 6.24. The molecule has 1 amide bonds. The van der Waals surface area contributed by atoms with Gasteiger partial charge in [-0.15, -0.1) is 12.4 Å². The van der Waals surface area contributed by atoms with Crippen molar-refractivity contribution in [2.75, 3.05) is 13.1 Å². The molecule has 2 fully saturated rings. The van der Waals surface area contributed by atoms with Gasteiger partial charge in [0.15, 0.2) is 0 Å². The molecule has 0 saturated carbocycles. The van der Waals surface area contributed by atoms with Crippen molar-refractivity contribution >= 4 is 18.3 Å². The zero-order chi connectivity index (χ0) is 13.3. The molecule has 3 unspecified atom stereocenters. The van der Waals surface area contributed by atoms with Gasteiger partial charge in [0.05, 0.1) is 0 Å². The van der Waals surface area contributed by atoms with E-state index in [1.807, 2.05) is 11.8 Å². The Bertz CT molecular complexity index is 309. The molecule has 0 aromatic heterocycles. The maximum absolute atomic E-state index is 12.1. The Morgan fingerprint density at radius 2 is 1.84 bits per heavy atom. The minimum absolute atomic E-state index is 0. The van der Waals surface area contributed by atoms with Crippen LogP contribution >= 0.6 is 12.4 Å². The molecule has 0 aromatic rings. The van der Waals surface area contributed by atoms with Gasteiger partial charge in [0.2, 0.25) is 5.91 Å². The van der Waals surface area contributed by atoms with Gasteiger partial charge in [-0.05, 0) is 40.0 Å². The number of carbonyl (C=O) groups is 1. The number of rotatable bonds is 3. The summed E-state index contributed by atoms with van der Waals surface area (Å²) < 4.78 is 0. The number of nitrogens with two attached hydrogens (primary N) is 1. The zero-order valence-electron chi connectivity index (χ0n) is 12.3. The average Bonchev–Trinajstić information content (AvgIpc) is 2.52. The molecule has 2 N–H and O–H groups in total. The third-order valence-electron chi connectivity index (χ3n) is 4.29. The summed E-state index contributed by atoms with van der Waals surface area (Å²) in [6.45, 7) is 8.26. The Balaban J connectivity index is 0.00000180. The lowest BCUT2D eigenvalue weighted by Crippen LogP contribution is -2.44. The molecule has 2 aliphatic rings. The molecule has 2 rings (SSSR count). The molecule has 2 bridgehead atoms. The first-order valence-corrected chi connectivity index (χ1v) is 7.29. The van der Waals surface area contributed by atoms with Crippen molar-refractivity contribution < 1.29 is 4.79 Å². The summed E-state index contributed by atoms with van der Waals surface area (Å²) in [7, 11) is 0. The van der Waals surface area contributed by atoms with Crippen LogP contribution in [0, 0.1) is 0 Å². The van der Waals surface area contributed by atoms with Crippen molar-refractivity contribution in [3.05, 3.63) is 0 Å². The summed E-state index contributed by atoms with van der Waals surface area (Å²) >= 11 is 0. The number of hydrogen-bond donors (Lipinski definition) is 1. The van der Waals surface area contributed by atoms with Crippen LogP contribution in [-0.4, -0.2) is 53.0 Å². The van der Waals surface area contributed by atoms with Crippen molar-refractivity contribution in [1.29, 1.82) is 0 Å². The number of carbonyl (C=O) groups excluding carboxylic acids is 1. The Labute approximate surface area is 123 Å². The molecule has 19 heavy (non-hydrogen) atoms. The van der Waals surface area contributed by atoms with Crippen LogP contribution in [0.4, 0.5) is 0 Å². The Hall–Kier alpha value is -0.320. The Morgan fingerprint density at radius 1 is 1.21 bits per heavy atom. The smallest absolute Gasteiger partial charge is 0.224 e. The van der Waals surface area contributed by atoms with E-state index in [2.05, 4.69) is 18.7 Å². The van der Waals surface area contributed by atoms with E-state index >= 15 is 0 Å². The van der Waals surface area contributed by atoms with E-state index in [0.717, 1.165) is 19.5 Å². The quantitative estimate of drug-likeness (QED) is 0.859. The first-order valence-electron chi connectivity index (χ1n) is 7.29. The molecule has 5 heteroatoms. The topological polar surface area (TPSA) is 49.6 Å². The molecule has 3 atom stereocenters. The molecule has 2 heterocycles. The van der Waals surface area contributed by atoms with Crippen LogP contribution in [0.25, 0.3) is 0 Å². The molecule has 2 aliphatic heterocycles. The van der Waals surface area contributed by atoms with Gasteiger partial charge in [0, 0.05) is 43.7 Å². The third-order valence-corrected chi connectivity index (χ3v) is 4.29. The summed E-state index contributed by atoms with van der Waals surface area (Å²) in [5.41, 5.74) is 5.73. The summed E-state index contributed by atoms with van der Waals surface area (Å²) in [6, 6.07) is 1.81. The molecule has 4 nitrogen and oxygen atoms in total. The Morgan fingerprint density at radius 3 is 2.42 bits per heavy atom. The van der Waals surface area contributed by atoms with Gasteiger partial charge >= 0.3 is 0 Å². The van der Waals surface area contributed by atoms with Crippen LogP contribution in [0.2, 0.25) is 0 Å². The number of fused-ring (bicyclic) bond motifs is 2. The fourth-order valence-corrected chi connectivity index (χ4v) is 3.58. The maximum atomic E-state index is 12.1. The molecule has 112 valence electrons. The highest BCUT2D eigenvalue weighted by Gasteiger charge is 2.39. The highest BCUT2D eigenvalue weighted by molar-refractivity contribution is 5.85. The third kappa shape index (κ3) is 3.83.